The summed E-state index contributed by atoms with van der Waals surface area (Å²) in [5, 5.41) is 0. The fourth-order valence-electron chi connectivity index (χ4n) is 1.27. The lowest BCUT2D eigenvalue weighted by Crippen LogP contribution is -2.48. The van der Waals surface area contributed by atoms with Crippen molar-refractivity contribution in [1.82, 2.24) is 4.72 Å². The van der Waals surface area contributed by atoms with Crippen LogP contribution in [0.25, 0.3) is 0 Å². The summed E-state index contributed by atoms with van der Waals surface area (Å²) in [6.45, 7) is 8.41. The predicted octanol–water partition coefficient (Wildman–Crippen LogP) is 0.445. The molecule has 0 aliphatic carbocycles. The maximum atomic E-state index is 12.0. The molecule has 0 aromatic rings. The molecule has 0 radical (unpaired) electrons. The van der Waals surface area contributed by atoms with Crippen molar-refractivity contribution in [2.75, 3.05) is 12.9 Å². The summed E-state index contributed by atoms with van der Waals surface area (Å²) in [4.78, 5) is 23.0. The zero-order valence-electron chi connectivity index (χ0n) is 12.7. The first kappa shape index (κ1) is 18.9. The van der Waals surface area contributed by atoms with Gasteiger partial charge in [-0.2, -0.15) is 0 Å². The van der Waals surface area contributed by atoms with Crippen LogP contribution in [0, 0.1) is 5.92 Å². The summed E-state index contributed by atoms with van der Waals surface area (Å²) >= 11 is 0. The number of ether oxygens (including phenoxy) is 2. The molecule has 0 fully saturated rings. The molecule has 0 aliphatic heterocycles. The molecule has 0 saturated carbocycles. The predicted molar refractivity (Wildman–Crippen MR) is 73.4 cm³/mol. The molecule has 0 saturated heterocycles. The number of carbonyl (C=O) groups excluding carboxylic acids is 2. The van der Waals surface area contributed by atoms with Gasteiger partial charge in [0.1, 0.15) is 11.6 Å². The molecule has 0 amide bonds. The van der Waals surface area contributed by atoms with Gasteiger partial charge in [0.05, 0.1) is 7.11 Å². The maximum absolute atomic E-state index is 12.0. The molecule has 0 bridgehead atoms. The number of rotatable bonds is 6. The fourth-order valence-corrected chi connectivity index (χ4v) is 2.54. The van der Waals surface area contributed by atoms with Gasteiger partial charge in [-0.3, -0.25) is 9.59 Å². The van der Waals surface area contributed by atoms with E-state index in [1.807, 2.05) is 0 Å². The monoisotopic (exact) mass is 309 g/mol. The van der Waals surface area contributed by atoms with E-state index in [0.717, 1.165) is 7.11 Å². The van der Waals surface area contributed by atoms with Crippen molar-refractivity contribution in [2.24, 2.45) is 5.92 Å². The standard InChI is InChI=1S/C12H23NO6S/c1-8(2)10(11(15)19-12(3,4)5)13-20(16,17)7-9(14)18-6/h8,10,13H,7H2,1-6H3/t10-/m0/s1. The van der Waals surface area contributed by atoms with Gasteiger partial charge < -0.3 is 9.47 Å². The molecule has 118 valence electrons. The lowest BCUT2D eigenvalue weighted by atomic mass is 10.1. The third-order valence-electron chi connectivity index (χ3n) is 2.17. The minimum absolute atomic E-state index is 0.322. The van der Waals surface area contributed by atoms with Crippen LogP contribution < -0.4 is 4.72 Å². The average molecular weight is 309 g/mol. The van der Waals surface area contributed by atoms with E-state index >= 15 is 0 Å². The Morgan fingerprint density at radius 3 is 2.05 bits per heavy atom. The Labute approximate surface area is 120 Å². The molecular formula is C12H23NO6S. The SMILES string of the molecule is COC(=O)CS(=O)(=O)N[C@H](C(=O)OC(C)(C)C)C(C)C. The zero-order chi connectivity index (χ0) is 16.1. The molecule has 1 atom stereocenters. The maximum Gasteiger partial charge on any atom is 0.324 e. The van der Waals surface area contributed by atoms with Gasteiger partial charge in [-0.05, 0) is 26.7 Å². The van der Waals surface area contributed by atoms with Gasteiger partial charge in [-0.15, -0.1) is 0 Å². The molecule has 0 rings (SSSR count). The number of nitrogens with one attached hydrogen (secondary N) is 1. The molecule has 8 heteroatoms. The molecule has 20 heavy (non-hydrogen) atoms. The van der Waals surface area contributed by atoms with E-state index < -0.39 is 39.4 Å². The number of esters is 2. The van der Waals surface area contributed by atoms with Crippen LogP contribution in [0.4, 0.5) is 0 Å². The van der Waals surface area contributed by atoms with E-state index in [4.69, 9.17) is 4.74 Å². The van der Waals surface area contributed by atoms with E-state index in [9.17, 15) is 18.0 Å². The molecule has 7 nitrogen and oxygen atoms in total. The van der Waals surface area contributed by atoms with Gasteiger partial charge >= 0.3 is 11.9 Å². The van der Waals surface area contributed by atoms with E-state index in [-0.39, 0.29) is 5.92 Å². The Balaban J connectivity index is 4.96. The van der Waals surface area contributed by atoms with Crippen LogP contribution in [0.5, 0.6) is 0 Å². The second kappa shape index (κ2) is 7.03. The van der Waals surface area contributed by atoms with E-state index in [1.54, 1.807) is 34.6 Å². The number of hydrogen-bond acceptors (Lipinski definition) is 6. The summed E-state index contributed by atoms with van der Waals surface area (Å²) in [6, 6.07) is -1.05. The summed E-state index contributed by atoms with van der Waals surface area (Å²) in [6.07, 6.45) is 0. The van der Waals surface area contributed by atoms with Crippen LogP contribution in [0.3, 0.4) is 0 Å². The van der Waals surface area contributed by atoms with Gasteiger partial charge in [0.15, 0.2) is 5.75 Å². The largest absolute Gasteiger partial charge is 0.468 e. The second-order valence-electron chi connectivity index (χ2n) is 5.71. The van der Waals surface area contributed by atoms with Crippen LogP contribution in [-0.4, -0.2) is 44.9 Å². The lowest BCUT2D eigenvalue weighted by Gasteiger charge is -2.26. The van der Waals surface area contributed by atoms with Gasteiger partial charge in [-0.25, -0.2) is 13.1 Å². The highest BCUT2D eigenvalue weighted by Gasteiger charge is 2.32. The minimum atomic E-state index is -3.96. The van der Waals surface area contributed by atoms with Crippen molar-refractivity contribution in [2.45, 2.75) is 46.3 Å². The normalized spacial score (nSPS) is 13.9. The molecule has 1 N–H and O–H groups in total. The highest BCUT2D eigenvalue weighted by Crippen LogP contribution is 2.13. The first-order chi connectivity index (χ1) is 8.88. The van der Waals surface area contributed by atoms with Crippen LogP contribution >= 0.6 is 0 Å². The third-order valence-corrected chi connectivity index (χ3v) is 3.40. The molecule has 0 heterocycles. The van der Waals surface area contributed by atoms with Crippen molar-refractivity contribution >= 4 is 22.0 Å². The number of sulfonamides is 1. The second-order valence-corrected chi connectivity index (χ2v) is 7.46. The highest BCUT2D eigenvalue weighted by molar-refractivity contribution is 7.90. The van der Waals surface area contributed by atoms with E-state index in [0.29, 0.717) is 0 Å². The molecule has 0 aliphatic rings. The van der Waals surface area contributed by atoms with Crippen molar-refractivity contribution in [3.63, 3.8) is 0 Å². The van der Waals surface area contributed by atoms with Crippen molar-refractivity contribution in [3.05, 3.63) is 0 Å². The Kier molecular flexibility index (Phi) is 6.63. The smallest absolute Gasteiger partial charge is 0.324 e. The van der Waals surface area contributed by atoms with Crippen LogP contribution in [0.1, 0.15) is 34.6 Å². The minimum Gasteiger partial charge on any atom is -0.468 e. The van der Waals surface area contributed by atoms with Crippen molar-refractivity contribution in [3.8, 4) is 0 Å². The quantitative estimate of drug-likeness (QED) is 0.715. The summed E-state index contributed by atoms with van der Waals surface area (Å²) in [5.41, 5.74) is -0.724. The Bertz CT molecular complexity index is 449. The van der Waals surface area contributed by atoms with Crippen LogP contribution in [-0.2, 0) is 29.1 Å². The lowest BCUT2D eigenvalue weighted by molar-refractivity contribution is -0.158. The van der Waals surface area contributed by atoms with Crippen LogP contribution in [0.2, 0.25) is 0 Å². The van der Waals surface area contributed by atoms with Crippen molar-refractivity contribution in [1.29, 1.82) is 0 Å². The summed E-state index contributed by atoms with van der Waals surface area (Å²) < 4.78 is 35.2. The Morgan fingerprint density at radius 2 is 1.70 bits per heavy atom. The summed E-state index contributed by atoms with van der Waals surface area (Å²) in [5.74, 6) is -2.74. The molecule has 0 unspecified atom stereocenters. The number of carbonyl (C=O) groups is 2. The number of methoxy groups -OCH3 is 1. The van der Waals surface area contributed by atoms with Gasteiger partial charge in [0, 0.05) is 0 Å². The van der Waals surface area contributed by atoms with E-state index in [1.165, 1.54) is 0 Å². The van der Waals surface area contributed by atoms with Gasteiger partial charge in [0.25, 0.3) is 0 Å². The fraction of sp³-hybridized carbons (Fsp3) is 0.833. The molecule has 0 aromatic heterocycles. The Hall–Kier alpha value is -1.15. The third kappa shape index (κ3) is 7.44. The zero-order valence-corrected chi connectivity index (χ0v) is 13.5. The first-order valence-electron chi connectivity index (χ1n) is 6.17. The average Bonchev–Trinajstić information content (AvgIpc) is 2.22. The van der Waals surface area contributed by atoms with E-state index in [2.05, 4.69) is 9.46 Å². The van der Waals surface area contributed by atoms with Gasteiger partial charge in [-0.1, -0.05) is 13.8 Å². The topological polar surface area (TPSA) is 98.8 Å². The summed E-state index contributed by atoms with van der Waals surface area (Å²) in [7, 11) is -2.87. The highest BCUT2D eigenvalue weighted by atomic mass is 32.2. The first-order valence-corrected chi connectivity index (χ1v) is 7.83. The van der Waals surface area contributed by atoms with Gasteiger partial charge in [0.2, 0.25) is 10.0 Å². The van der Waals surface area contributed by atoms with Crippen LogP contribution in [0.15, 0.2) is 0 Å². The number of hydrogen-bond donors (Lipinski definition) is 1. The van der Waals surface area contributed by atoms with Crippen molar-refractivity contribution < 1.29 is 27.5 Å². The molecule has 0 spiro atoms. The molecular weight excluding hydrogens is 286 g/mol. The molecule has 0 aromatic carbocycles. The Morgan fingerprint density at radius 1 is 1.20 bits per heavy atom.